The fourth-order valence-corrected chi connectivity index (χ4v) is 3.84. The summed E-state index contributed by atoms with van der Waals surface area (Å²) in [6.45, 7) is 5.71. The van der Waals surface area contributed by atoms with Crippen molar-refractivity contribution in [2.45, 2.75) is 32.3 Å². The molecule has 0 aliphatic carbocycles. The highest BCUT2D eigenvalue weighted by atomic mass is 19.1. The van der Waals surface area contributed by atoms with E-state index in [-0.39, 0.29) is 30.8 Å². The van der Waals surface area contributed by atoms with E-state index in [1.165, 1.54) is 6.07 Å². The third-order valence-corrected chi connectivity index (χ3v) is 5.58. The van der Waals surface area contributed by atoms with Gasteiger partial charge >= 0.3 is 6.09 Å². The molecule has 2 aromatic rings. The monoisotopic (exact) mass is 462 g/mol. The lowest BCUT2D eigenvalue weighted by Gasteiger charge is -2.35. The number of carbonyl (C=O) groups excluding carboxylic acids is 1. The van der Waals surface area contributed by atoms with Crippen molar-refractivity contribution >= 4 is 11.8 Å². The Morgan fingerprint density at radius 1 is 1.09 bits per heavy atom. The van der Waals surface area contributed by atoms with E-state index in [4.69, 9.17) is 18.9 Å². The van der Waals surface area contributed by atoms with Gasteiger partial charge in [-0.05, 0) is 19.4 Å². The number of rotatable bonds is 6. The number of amides is 1. The Labute approximate surface area is 191 Å². The minimum atomic E-state index is -0.780. The zero-order valence-corrected chi connectivity index (χ0v) is 18.8. The number of hydrogen-bond donors (Lipinski definition) is 0. The Balaban J connectivity index is 1.32. The van der Waals surface area contributed by atoms with Crippen LogP contribution < -0.4 is 9.64 Å². The number of carbonyl (C=O) groups is 1. The van der Waals surface area contributed by atoms with Crippen molar-refractivity contribution in [3.63, 3.8) is 0 Å². The van der Waals surface area contributed by atoms with Gasteiger partial charge in [-0.3, -0.25) is 0 Å². The first-order valence-electron chi connectivity index (χ1n) is 10.9. The molecule has 0 bridgehead atoms. The van der Waals surface area contributed by atoms with E-state index < -0.39 is 23.5 Å². The van der Waals surface area contributed by atoms with Crippen LogP contribution in [0.15, 0.2) is 42.5 Å². The standard InChI is InChI=1S/C24H28F2N2O5/c1-24(2)32-16-18(33-24)15-30-22-13-21(19(25)12-20(22)26)27-8-10-28(11-9-27)23(29)31-14-17-6-4-3-5-7-17/h3-7,12-13,18H,8-11,14-16H2,1-2H3/t18-/m1/s1. The molecule has 2 aromatic carbocycles. The van der Waals surface area contributed by atoms with Gasteiger partial charge in [0.15, 0.2) is 17.4 Å². The molecule has 0 unspecified atom stereocenters. The van der Waals surface area contributed by atoms with Crippen molar-refractivity contribution < 1.29 is 32.5 Å². The molecule has 0 N–H and O–H groups in total. The summed E-state index contributed by atoms with van der Waals surface area (Å²) in [5, 5.41) is 0. The number of anilines is 1. The summed E-state index contributed by atoms with van der Waals surface area (Å²) < 4.78 is 50.9. The lowest BCUT2D eigenvalue weighted by molar-refractivity contribution is -0.141. The topological polar surface area (TPSA) is 60.5 Å². The molecule has 0 spiro atoms. The second-order valence-electron chi connectivity index (χ2n) is 8.51. The van der Waals surface area contributed by atoms with Gasteiger partial charge in [0.25, 0.3) is 0 Å². The maximum atomic E-state index is 14.5. The quantitative estimate of drug-likeness (QED) is 0.648. The highest BCUT2D eigenvalue weighted by molar-refractivity contribution is 5.68. The first kappa shape index (κ1) is 23.3. The van der Waals surface area contributed by atoms with Crippen molar-refractivity contribution in [2.75, 3.05) is 44.3 Å². The molecule has 2 saturated heterocycles. The van der Waals surface area contributed by atoms with E-state index in [2.05, 4.69) is 0 Å². The maximum Gasteiger partial charge on any atom is 0.410 e. The van der Waals surface area contributed by atoms with Gasteiger partial charge in [0, 0.05) is 38.3 Å². The second kappa shape index (κ2) is 9.93. The van der Waals surface area contributed by atoms with Crippen LogP contribution in [0.5, 0.6) is 5.75 Å². The Kier molecular flexibility index (Phi) is 6.99. The SMILES string of the molecule is CC1(C)OC[C@@H](COc2cc(N3CCN(C(=O)OCc4ccccc4)CC3)c(F)cc2F)O1. The molecule has 2 aliphatic heterocycles. The average Bonchev–Trinajstić information content (AvgIpc) is 3.16. The van der Waals surface area contributed by atoms with Crippen molar-refractivity contribution in [2.24, 2.45) is 0 Å². The summed E-state index contributed by atoms with van der Waals surface area (Å²) >= 11 is 0. The van der Waals surface area contributed by atoms with Gasteiger partial charge in [-0.2, -0.15) is 0 Å². The summed E-state index contributed by atoms with van der Waals surface area (Å²) in [5.41, 5.74) is 1.14. The second-order valence-corrected chi connectivity index (χ2v) is 8.51. The Morgan fingerprint density at radius 2 is 1.82 bits per heavy atom. The number of piperazine rings is 1. The Bertz CT molecular complexity index is 965. The third-order valence-electron chi connectivity index (χ3n) is 5.58. The smallest absolute Gasteiger partial charge is 0.410 e. The number of halogens is 2. The van der Waals surface area contributed by atoms with Crippen molar-refractivity contribution in [1.82, 2.24) is 4.90 Å². The first-order valence-corrected chi connectivity index (χ1v) is 10.9. The van der Waals surface area contributed by atoms with Crippen LogP contribution in [-0.2, 0) is 20.8 Å². The van der Waals surface area contributed by atoms with Crippen LogP contribution in [0.4, 0.5) is 19.3 Å². The summed E-state index contributed by atoms with van der Waals surface area (Å²) in [6, 6.07) is 11.6. The van der Waals surface area contributed by atoms with Gasteiger partial charge in [-0.1, -0.05) is 30.3 Å². The van der Waals surface area contributed by atoms with E-state index >= 15 is 0 Å². The molecule has 4 rings (SSSR count). The number of nitrogens with zero attached hydrogens (tertiary/aromatic N) is 2. The van der Waals surface area contributed by atoms with E-state index in [9.17, 15) is 13.6 Å². The zero-order chi connectivity index (χ0) is 23.4. The van der Waals surface area contributed by atoms with Crippen molar-refractivity contribution in [3.8, 4) is 5.75 Å². The van der Waals surface area contributed by atoms with Crippen LogP contribution >= 0.6 is 0 Å². The molecule has 0 aromatic heterocycles. The van der Waals surface area contributed by atoms with Gasteiger partial charge in [-0.15, -0.1) is 0 Å². The fourth-order valence-electron chi connectivity index (χ4n) is 3.84. The van der Waals surface area contributed by atoms with Crippen molar-refractivity contribution in [1.29, 1.82) is 0 Å². The van der Waals surface area contributed by atoms with Gasteiger partial charge < -0.3 is 28.7 Å². The highest BCUT2D eigenvalue weighted by Crippen LogP contribution is 2.30. The van der Waals surface area contributed by atoms with E-state index in [1.807, 2.05) is 30.3 Å². The molecule has 2 heterocycles. The molecular weight excluding hydrogens is 434 g/mol. The van der Waals surface area contributed by atoms with Crippen LogP contribution in [0.1, 0.15) is 19.4 Å². The molecule has 2 fully saturated rings. The molecule has 2 aliphatic rings. The largest absolute Gasteiger partial charge is 0.488 e. The van der Waals surface area contributed by atoms with Gasteiger partial charge in [0.2, 0.25) is 0 Å². The van der Waals surface area contributed by atoms with Crippen LogP contribution in [0.2, 0.25) is 0 Å². The molecule has 7 nitrogen and oxygen atoms in total. The van der Waals surface area contributed by atoms with E-state index in [1.54, 1.807) is 23.6 Å². The predicted octanol–water partition coefficient (Wildman–Crippen LogP) is 3.95. The molecule has 1 atom stereocenters. The van der Waals surface area contributed by atoms with Gasteiger partial charge in [0.05, 0.1) is 12.3 Å². The number of hydrogen-bond acceptors (Lipinski definition) is 6. The van der Waals surface area contributed by atoms with Crippen LogP contribution in [0, 0.1) is 11.6 Å². The number of benzene rings is 2. The van der Waals surface area contributed by atoms with Crippen LogP contribution in [0.3, 0.4) is 0 Å². The summed E-state index contributed by atoms with van der Waals surface area (Å²) in [5.74, 6) is -2.22. The molecular formula is C24H28F2N2O5. The van der Waals surface area contributed by atoms with Crippen LogP contribution in [0.25, 0.3) is 0 Å². The third kappa shape index (κ3) is 5.91. The Morgan fingerprint density at radius 3 is 2.48 bits per heavy atom. The van der Waals surface area contributed by atoms with Gasteiger partial charge in [0.1, 0.15) is 25.1 Å². The Hall–Kier alpha value is -2.91. The predicted molar refractivity (Wildman–Crippen MR) is 117 cm³/mol. The zero-order valence-electron chi connectivity index (χ0n) is 18.8. The van der Waals surface area contributed by atoms with E-state index in [0.717, 1.165) is 11.6 Å². The van der Waals surface area contributed by atoms with Crippen molar-refractivity contribution in [3.05, 3.63) is 59.7 Å². The minimum Gasteiger partial charge on any atom is -0.488 e. The lowest BCUT2D eigenvalue weighted by atomic mass is 10.2. The molecule has 0 radical (unpaired) electrons. The molecule has 0 saturated carbocycles. The normalized spacial score (nSPS) is 20.1. The minimum absolute atomic E-state index is 0.0515. The van der Waals surface area contributed by atoms with E-state index in [0.29, 0.717) is 32.8 Å². The fraction of sp³-hybridized carbons (Fsp3) is 0.458. The average molecular weight is 462 g/mol. The summed E-state index contributed by atoms with van der Waals surface area (Å²) in [6.07, 6.45) is -0.748. The first-order chi connectivity index (χ1) is 15.8. The summed E-state index contributed by atoms with van der Waals surface area (Å²) in [7, 11) is 0. The maximum absolute atomic E-state index is 14.5. The van der Waals surface area contributed by atoms with Gasteiger partial charge in [-0.25, -0.2) is 13.6 Å². The molecule has 9 heteroatoms. The molecule has 178 valence electrons. The number of ether oxygens (including phenoxy) is 4. The molecule has 1 amide bonds. The lowest BCUT2D eigenvalue weighted by Crippen LogP contribution is -2.49. The highest BCUT2D eigenvalue weighted by Gasteiger charge is 2.33. The summed E-state index contributed by atoms with van der Waals surface area (Å²) in [4.78, 5) is 15.7. The molecule has 33 heavy (non-hydrogen) atoms. The van der Waals surface area contributed by atoms with Crippen LogP contribution in [-0.4, -0.2) is 62.3 Å².